The quantitative estimate of drug-likeness (QED) is 0.317. The minimum Gasteiger partial charge on any atom is -0.423 e. The minimum atomic E-state index is -0.437. The van der Waals surface area contributed by atoms with Crippen LogP contribution in [0.2, 0.25) is 18.1 Å². The Balaban J connectivity index is 1.56. The Hall–Kier alpha value is -1.87. The molecule has 0 radical (unpaired) electrons. The summed E-state index contributed by atoms with van der Waals surface area (Å²) in [5.41, 5.74) is 3.29. The molecule has 2 aromatic carbocycles. The zero-order chi connectivity index (χ0) is 19.1. The van der Waals surface area contributed by atoms with Crippen molar-refractivity contribution in [1.82, 2.24) is 0 Å². The van der Waals surface area contributed by atoms with E-state index in [1.807, 2.05) is 36.4 Å². The maximum atomic E-state index is 12.4. The van der Waals surface area contributed by atoms with E-state index in [2.05, 4.69) is 26.0 Å². The summed E-state index contributed by atoms with van der Waals surface area (Å²) in [6, 6.07) is 20.4. The van der Waals surface area contributed by atoms with Gasteiger partial charge in [-0.1, -0.05) is 69.1 Å². The molecule has 2 nitrogen and oxygen atoms in total. The first kappa shape index (κ1) is 19.9. The SMILES string of the molecule is CCCc1ccc(OC(=O)c2ccc(C3CC[SiH](CCC)CC3)cc2)cc1. The Morgan fingerprint density at radius 2 is 1.63 bits per heavy atom. The van der Waals surface area contributed by atoms with Crippen molar-refractivity contribution in [1.29, 1.82) is 0 Å². The first-order valence-corrected chi connectivity index (χ1v) is 13.1. The predicted octanol–water partition coefficient (Wildman–Crippen LogP) is 6.37. The summed E-state index contributed by atoms with van der Waals surface area (Å²) in [4.78, 5) is 12.4. The Morgan fingerprint density at radius 1 is 0.963 bits per heavy atom. The molecule has 27 heavy (non-hydrogen) atoms. The van der Waals surface area contributed by atoms with Crippen LogP contribution in [0, 0.1) is 0 Å². The molecule has 1 saturated heterocycles. The second-order valence-corrected chi connectivity index (χ2v) is 11.4. The number of carbonyl (C=O) groups excluding carboxylic acids is 1. The van der Waals surface area contributed by atoms with E-state index in [-0.39, 0.29) is 5.97 Å². The van der Waals surface area contributed by atoms with Crippen molar-refractivity contribution >= 4 is 14.8 Å². The van der Waals surface area contributed by atoms with Gasteiger partial charge in [0, 0.05) is 8.80 Å². The molecule has 2 aromatic rings. The van der Waals surface area contributed by atoms with Crippen LogP contribution in [0.3, 0.4) is 0 Å². The van der Waals surface area contributed by atoms with Crippen molar-refractivity contribution in [3.05, 3.63) is 65.2 Å². The smallest absolute Gasteiger partial charge is 0.343 e. The molecular weight excluding hydrogens is 348 g/mol. The fraction of sp³-hybridized carbons (Fsp3) is 0.458. The maximum Gasteiger partial charge on any atom is 0.343 e. The van der Waals surface area contributed by atoms with Crippen LogP contribution in [0.25, 0.3) is 0 Å². The molecule has 0 amide bonds. The van der Waals surface area contributed by atoms with Gasteiger partial charge in [0.1, 0.15) is 5.75 Å². The summed E-state index contributed by atoms with van der Waals surface area (Å²) in [6.07, 6.45) is 6.21. The summed E-state index contributed by atoms with van der Waals surface area (Å²) in [7, 11) is -0.437. The van der Waals surface area contributed by atoms with E-state index in [9.17, 15) is 4.79 Å². The van der Waals surface area contributed by atoms with Crippen LogP contribution in [-0.2, 0) is 6.42 Å². The summed E-state index contributed by atoms with van der Waals surface area (Å²) >= 11 is 0. The van der Waals surface area contributed by atoms with Crippen molar-refractivity contribution in [2.24, 2.45) is 0 Å². The number of hydrogen-bond acceptors (Lipinski definition) is 2. The van der Waals surface area contributed by atoms with Crippen molar-refractivity contribution in [3.63, 3.8) is 0 Å². The van der Waals surface area contributed by atoms with Crippen LogP contribution in [0.1, 0.15) is 66.9 Å². The highest BCUT2D eigenvalue weighted by molar-refractivity contribution is 6.59. The monoisotopic (exact) mass is 380 g/mol. The lowest BCUT2D eigenvalue weighted by atomic mass is 9.93. The Labute approximate surface area is 165 Å². The lowest BCUT2D eigenvalue weighted by Crippen LogP contribution is -2.20. The summed E-state index contributed by atoms with van der Waals surface area (Å²) in [6.45, 7) is 4.48. The van der Waals surface area contributed by atoms with Gasteiger partial charge in [0.05, 0.1) is 5.56 Å². The Bertz CT molecular complexity index is 713. The normalized spacial score (nSPS) is 19.6. The molecule has 0 saturated carbocycles. The molecule has 0 unspecified atom stereocenters. The summed E-state index contributed by atoms with van der Waals surface area (Å²) in [5, 5.41) is 0. The first-order chi connectivity index (χ1) is 13.2. The highest BCUT2D eigenvalue weighted by atomic mass is 28.3. The third-order valence-electron chi connectivity index (χ3n) is 5.83. The molecule has 3 rings (SSSR count). The van der Waals surface area contributed by atoms with Gasteiger partial charge in [-0.15, -0.1) is 0 Å². The molecule has 1 heterocycles. The van der Waals surface area contributed by atoms with Gasteiger partial charge in [0.25, 0.3) is 0 Å². The average Bonchev–Trinajstić information content (AvgIpc) is 2.71. The zero-order valence-electron chi connectivity index (χ0n) is 16.7. The minimum absolute atomic E-state index is 0.274. The fourth-order valence-corrected chi connectivity index (χ4v) is 7.69. The number of benzene rings is 2. The second kappa shape index (κ2) is 9.89. The summed E-state index contributed by atoms with van der Waals surface area (Å²) < 4.78 is 5.53. The van der Waals surface area contributed by atoms with E-state index in [0.29, 0.717) is 17.2 Å². The molecular formula is C24H32O2Si. The molecule has 0 bridgehead atoms. The van der Waals surface area contributed by atoms with E-state index < -0.39 is 8.80 Å². The molecule has 0 spiro atoms. The van der Waals surface area contributed by atoms with E-state index in [0.717, 1.165) is 12.8 Å². The topological polar surface area (TPSA) is 26.3 Å². The van der Waals surface area contributed by atoms with Crippen LogP contribution >= 0.6 is 0 Å². The highest BCUT2D eigenvalue weighted by Crippen LogP contribution is 2.35. The van der Waals surface area contributed by atoms with E-state index in [4.69, 9.17) is 4.74 Å². The molecule has 1 aliphatic rings. The van der Waals surface area contributed by atoms with Gasteiger partial charge < -0.3 is 4.74 Å². The van der Waals surface area contributed by atoms with Gasteiger partial charge in [-0.2, -0.15) is 0 Å². The largest absolute Gasteiger partial charge is 0.423 e. The Kier molecular flexibility index (Phi) is 7.28. The number of ether oxygens (including phenoxy) is 1. The molecule has 1 fully saturated rings. The maximum absolute atomic E-state index is 12.4. The third-order valence-corrected chi connectivity index (χ3v) is 9.53. The number of aryl methyl sites for hydroxylation is 1. The molecule has 0 aliphatic carbocycles. The van der Waals surface area contributed by atoms with E-state index >= 15 is 0 Å². The van der Waals surface area contributed by atoms with Gasteiger partial charge in [-0.25, -0.2) is 4.79 Å². The number of esters is 1. The molecule has 144 valence electrons. The van der Waals surface area contributed by atoms with Crippen molar-refractivity contribution in [2.75, 3.05) is 0 Å². The van der Waals surface area contributed by atoms with Crippen molar-refractivity contribution < 1.29 is 9.53 Å². The average molecular weight is 381 g/mol. The Morgan fingerprint density at radius 3 is 2.22 bits per heavy atom. The van der Waals surface area contributed by atoms with E-state index in [1.54, 1.807) is 0 Å². The molecule has 1 aliphatic heterocycles. The van der Waals surface area contributed by atoms with Gasteiger partial charge in [0.15, 0.2) is 0 Å². The van der Waals surface area contributed by atoms with Crippen LogP contribution in [-0.4, -0.2) is 14.8 Å². The van der Waals surface area contributed by atoms with Crippen LogP contribution in [0.4, 0.5) is 0 Å². The summed E-state index contributed by atoms with van der Waals surface area (Å²) in [5.74, 6) is 1.02. The number of hydrogen-bond donors (Lipinski definition) is 0. The lowest BCUT2D eigenvalue weighted by Gasteiger charge is -2.27. The molecule has 0 aromatic heterocycles. The van der Waals surface area contributed by atoms with Crippen molar-refractivity contribution in [2.45, 2.75) is 70.0 Å². The van der Waals surface area contributed by atoms with E-state index in [1.165, 1.54) is 48.5 Å². The third kappa shape index (κ3) is 5.55. The number of carbonyl (C=O) groups is 1. The zero-order valence-corrected chi connectivity index (χ0v) is 17.9. The second-order valence-electron chi connectivity index (χ2n) is 7.91. The van der Waals surface area contributed by atoms with Gasteiger partial charge >= 0.3 is 5.97 Å². The number of rotatable bonds is 7. The molecule has 3 heteroatoms. The predicted molar refractivity (Wildman–Crippen MR) is 116 cm³/mol. The van der Waals surface area contributed by atoms with Crippen LogP contribution < -0.4 is 4.74 Å². The van der Waals surface area contributed by atoms with Crippen LogP contribution in [0.5, 0.6) is 5.75 Å². The molecule has 0 N–H and O–H groups in total. The lowest BCUT2D eigenvalue weighted by molar-refractivity contribution is 0.0734. The molecule has 0 atom stereocenters. The standard InChI is InChI=1S/C24H32O2Si/c1-3-5-19-6-12-23(13-7-19)26-24(25)22-10-8-20(9-11-22)21-14-17-27(16-4-2)18-15-21/h6-13,21,27H,3-5,14-18H2,1-2H3. The van der Waals surface area contributed by atoms with Crippen LogP contribution in [0.15, 0.2) is 48.5 Å². The first-order valence-electron chi connectivity index (χ1n) is 10.6. The van der Waals surface area contributed by atoms with Crippen molar-refractivity contribution in [3.8, 4) is 5.75 Å². The van der Waals surface area contributed by atoms with Gasteiger partial charge in [-0.3, -0.25) is 0 Å². The van der Waals surface area contributed by atoms with Gasteiger partial charge in [0.2, 0.25) is 0 Å². The van der Waals surface area contributed by atoms with Gasteiger partial charge in [-0.05, 0) is 60.6 Å². The highest BCUT2D eigenvalue weighted by Gasteiger charge is 2.22. The fourth-order valence-electron chi connectivity index (χ4n) is 4.26.